The van der Waals surface area contributed by atoms with Crippen molar-refractivity contribution in [2.45, 2.75) is 19.7 Å². The molecule has 2 aromatic carbocycles. The van der Waals surface area contributed by atoms with Crippen molar-refractivity contribution in [1.82, 2.24) is 10.6 Å². The van der Waals surface area contributed by atoms with Crippen LogP contribution in [-0.2, 0) is 13.1 Å². The molecule has 144 valence electrons. The van der Waals surface area contributed by atoms with Crippen LogP contribution in [0.2, 0.25) is 5.02 Å². The number of benzene rings is 2. The normalized spacial score (nSPS) is 13.0. The van der Waals surface area contributed by atoms with Gasteiger partial charge < -0.3 is 24.8 Å². The predicted octanol–water partition coefficient (Wildman–Crippen LogP) is 3.54. The summed E-state index contributed by atoms with van der Waals surface area (Å²) in [6.07, 6.45) is 0. The molecule has 0 aromatic heterocycles. The fourth-order valence-corrected chi connectivity index (χ4v) is 2.73. The smallest absolute Gasteiger partial charge is 0.387 e. The zero-order chi connectivity index (χ0) is 19.2. The molecule has 27 heavy (non-hydrogen) atoms. The molecule has 1 aliphatic heterocycles. The van der Waals surface area contributed by atoms with Gasteiger partial charge in [-0.25, -0.2) is 0 Å². The predicted molar refractivity (Wildman–Crippen MR) is 97.7 cm³/mol. The van der Waals surface area contributed by atoms with Gasteiger partial charge in [0.05, 0.1) is 0 Å². The number of nitrogens with one attached hydrogen (secondary N) is 2. The van der Waals surface area contributed by atoms with Crippen LogP contribution >= 0.6 is 11.6 Å². The van der Waals surface area contributed by atoms with E-state index >= 15 is 0 Å². The van der Waals surface area contributed by atoms with Crippen LogP contribution < -0.4 is 24.8 Å². The molecule has 6 nitrogen and oxygen atoms in total. The van der Waals surface area contributed by atoms with Gasteiger partial charge in [0, 0.05) is 36.8 Å². The van der Waals surface area contributed by atoms with Gasteiger partial charge in [0.25, 0.3) is 0 Å². The third-order valence-electron chi connectivity index (χ3n) is 3.85. The van der Waals surface area contributed by atoms with Crippen LogP contribution in [0.1, 0.15) is 11.1 Å². The molecule has 0 atom stereocenters. The Balaban J connectivity index is 1.66. The highest BCUT2D eigenvalue weighted by Crippen LogP contribution is 2.38. The van der Waals surface area contributed by atoms with Crippen molar-refractivity contribution in [2.24, 2.45) is 4.99 Å². The van der Waals surface area contributed by atoms with Crippen LogP contribution in [-0.4, -0.2) is 26.4 Å². The number of halogens is 3. The average molecular weight is 398 g/mol. The third-order valence-corrected chi connectivity index (χ3v) is 4.21. The molecule has 0 bridgehead atoms. The van der Waals surface area contributed by atoms with Crippen molar-refractivity contribution in [3.63, 3.8) is 0 Å². The minimum atomic E-state index is -2.94. The van der Waals surface area contributed by atoms with Crippen molar-refractivity contribution < 1.29 is 23.0 Å². The molecular weight excluding hydrogens is 380 g/mol. The van der Waals surface area contributed by atoms with Gasteiger partial charge in [-0.05, 0) is 17.7 Å². The quantitative estimate of drug-likeness (QED) is 0.576. The second kappa shape index (κ2) is 8.77. The Kier molecular flexibility index (Phi) is 6.18. The summed E-state index contributed by atoms with van der Waals surface area (Å²) < 4.78 is 40.5. The first-order chi connectivity index (χ1) is 13.1. The standard InChI is InChI=1S/C18H18ClF2N3O3/c1-22-18(23-8-11-4-2-3-5-13(11)19)24-9-12-6-15-16(26-10-25-15)7-14(12)27-17(20)21/h2-7,17H,8-10H2,1H3,(H2,22,23,24). The summed E-state index contributed by atoms with van der Waals surface area (Å²) >= 11 is 6.13. The number of hydrogen-bond donors (Lipinski definition) is 2. The van der Waals surface area contributed by atoms with Gasteiger partial charge in [-0.1, -0.05) is 29.8 Å². The highest BCUT2D eigenvalue weighted by Gasteiger charge is 2.20. The molecule has 0 saturated heterocycles. The van der Waals surface area contributed by atoms with E-state index < -0.39 is 6.61 Å². The Hall–Kier alpha value is -2.74. The van der Waals surface area contributed by atoms with Crippen LogP contribution in [0.3, 0.4) is 0 Å². The van der Waals surface area contributed by atoms with Crippen LogP contribution in [0.5, 0.6) is 17.2 Å². The molecule has 0 aliphatic carbocycles. The molecule has 2 aromatic rings. The van der Waals surface area contributed by atoms with Gasteiger partial charge in [-0.2, -0.15) is 8.78 Å². The molecule has 1 heterocycles. The summed E-state index contributed by atoms with van der Waals surface area (Å²) in [6, 6.07) is 10.4. The lowest BCUT2D eigenvalue weighted by molar-refractivity contribution is -0.0505. The Bertz CT molecular complexity index is 833. The summed E-state index contributed by atoms with van der Waals surface area (Å²) in [6.45, 7) is -2.25. The maximum Gasteiger partial charge on any atom is 0.387 e. The van der Waals surface area contributed by atoms with E-state index in [0.29, 0.717) is 34.6 Å². The number of nitrogens with zero attached hydrogens (tertiary/aromatic N) is 1. The van der Waals surface area contributed by atoms with Crippen LogP contribution in [0.4, 0.5) is 8.78 Å². The van der Waals surface area contributed by atoms with E-state index in [1.54, 1.807) is 19.2 Å². The van der Waals surface area contributed by atoms with Crippen LogP contribution in [0.15, 0.2) is 41.4 Å². The number of rotatable bonds is 6. The maximum absolute atomic E-state index is 12.7. The van der Waals surface area contributed by atoms with Crippen molar-refractivity contribution >= 4 is 17.6 Å². The Morgan fingerprint density at radius 2 is 1.81 bits per heavy atom. The lowest BCUT2D eigenvalue weighted by Gasteiger charge is -2.15. The molecule has 0 saturated carbocycles. The fraction of sp³-hybridized carbons (Fsp3) is 0.278. The molecule has 0 amide bonds. The van der Waals surface area contributed by atoms with E-state index in [9.17, 15) is 8.78 Å². The Morgan fingerprint density at radius 1 is 1.15 bits per heavy atom. The summed E-state index contributed by atoms with van der Waals surface area (Å²) in [5.41, 5.74) is 1.40. The average Bonchev–Trinajstić information content (AvgIpc) is 3.09. The van der Waals surface area contributed by atoms with Gasteiger partial charge >= 0.3 is 6.61 Å². The minimum Gasteiger partial charge on any atom is -0.454 e. The maximum atomic E-state index is 12.7. The third kappa shape index (κ3) is 4.91. The summed E-state index contributed by atoms with van der Waals surface area (Å²) in [7, 11) is 1.61. The zero-order valence-electron chi connectivity index (χ0n) is 14.5. The van der Waals surface area contributed by atoms with E-state index in [2.05, 4.69) is 20.4 Å². The fourth-order valence-electron chi connectivity index (χ4n) is 2.53. The second-order valence-corrected chi connectivity index (χ2v) is 5.97. The summed E-state index contributed by atoms with van der Waals surface area (Å²) in [4.78, 5) is 4.12. The molecule has 0 radical (unpaired) electrons. The number of aliphatic imine (C=N–C) groups is 1. The van der Waals surface area contributed by atoms with Gasteiger partial charge in [0.1, 0.15) is 5.75 Å². The first-order valence-corrected chi connectivity index (χ1v) is 8.50. The van der Waals surface area contributed by atoms with E-state index in [0.717, 1.165) is 5.56 Å². The summed E-state index contributed by atoms with van der Waals surface area (Å²) in [5.74, 6) is 1.35. The Labute approximate surface area is 160 Å². The first-order valence-electron chi connectivity index (χ1n) is 8.12. The molecule has 3 rings (SSSR count). The van der Waals surface area contributed by atoms with Gasteiger partial charge in [-0.3, -0.25) is 4.99 Å². The highest BCUT2D eigenvalue weighted by molar-refractivity contribution is 6.31. The lowest BCUT2D eigenvalue weighted by Crippen LogP contribution is -2.36. The number of fused-ring (bicyclic) bond motifs is 1. The van der Waals surface area contributed by atoms with Crippen molar-refractivity contribution in [3.8, 4) is 17.2 Å². The molecule has 0 unspecified atom stereocenters. The van der Waals surface area contributed by atoms with Crippen LogP contribution in [0, 0.1) is 0 Å². The molecule has 9 heteroatoms. The second-order valence-electron chi connectivity index (χ2n) is 5.56. The van der Waals surface area contributed by atoms with E-state index in [1.165, 1.54) is 6.07 Å². The number of guanidine groups is 1. The monoisotopic (exact) mass is 397 g/mol. The molecule has 0 fully saturated rings. The van der Waals surface area contributed by atoms with Crippen LogP contribution in [0.25, 0.3) is 0 Å². The van der Waals surface area contributed by atoms with E-state index in [1.807, 2.05) is 18.2 Å². The van der Waals surface area contributed by atoms with Gasteiger partial charge in [0.15, 0.2) is 17.5 Å². The highest BCUT2D eigenvalue weighted by atomic mass is 35.5. The molecule has 0 spiro atoms. The van der Waals surface area contributed by atoms with E-state index in [-0.39, 0.29) is 19.1 Å². The topological polar surface area (TPSA) is 64.1 Å². The molecular formula is C18H18ClF2N3O3. The lowest BCUT2D eigenvalue weighted by atomic mass is 10.1. The Morgan fingerprint density at radius 3 is 2.48 bits per heavy atom. The first kappa shape index (κ1) is 19.0. The van der Waals surface area contributed by atoms with Gasteiger partial charge in [-0.15, -0.1) is 0 Å². The largest absolute Gasteiger partial charge is 0.454 e. The van der Waals surface area contributed by atoms with Crippen molar-refractivity contribution in [2.75, 3.05) is 13.8 Å². The number of alkyl halides is 2. The van der Waals surface area contributed by atoms with Crippen molar-refractivity contribution in [3.05, 3.63) is 52.5 Å². The molecule has 1 aliphatic rings. The number of ether oxygens (including phenoxy) is 3. The molecule has 2 N–H and O–H groups in total. The van der Waals surface area contributed by atoms with Crippen molar-refractivity contribution in [1.29, 1.82) is 0 Å². The summed E-state index contributed by atoms with van der Waals surface area (Å²) in [5, 5.41) is 6.82. The SMILES string of the molecule is CN=C(NCc1ccccc1Cl)NCc1cc2c(cc1OC(F)F)OCO2. The zero-order valence-corrected chi connectivity index (χ0v) is 15.2. The minimum absolute atomic E-state index is 0.0170. The van der Waals surface area contributed by atoms with Gasteiger partial charge in [0.2, 0.25) is 6.79 Å². The van der Waals surface area contributed by atoms with E-state index in [4.69, 9.17) is 21.1 Å². The number of hydrogen-bond acceptors (Lipinski definition) is 4.